The van der Waals surface area contributed by atoms with Gasteiger partial charge in [-0.15, -0.1) is 0 Å². The highest BCUT2D eigenvalue weighted by molar-refractivity contribution is 5.65. The number of hydrogen-bond donors (Lipinski definition) is 2. The first-order valence-corrected chi connectivity index (χ1v) is 7.59. The van der Waals surface area contributed by atoms with Crippen molar-refractivity contribution in [1.82, 2.24) is 14.6 Å². The lowest BCUT2D eigenvalue weighted by Crippen LogP contribution is -2.39. The van der Waals surface area contributed by atoms with Gasteiger partial charge >= 0.3 is 0 Å². The van der Waals surface area contributed by atoms with Crippen LogP contribution in [0.4, 0.5) is 5.82 Å². The van der Waals surface area contributed by atoms with Crippen LogP contribution in [0.5, 0.6) is 0 Å². The van der Waals surface area contributed by atoms with E-state index in [-0.39, 0.29) is 18.8 Å². The van der Waals surface area contributed by atoms with Gasteiger partial charge in [0, 0.05) is 0 Å². The van der Waals surface area contributed by atoms with Gasteiger partial charge < -0.3 is 25.1 Å². The van der Waals surface area contributed by atoms with Crippen LogP contribution >= 0.6 is 0 Å². The third-order valence-electron chi connectivity index (χ3n) is 4.60. The molecule has 2 fully saturated rings. The van der Waals surface area contributed by atoms with E-state index >= 15 is 0 Å². The number of hydrogen-bond acceptors (Lipinski definition) is 7. The fourth-order valence-corrected chi connectivity index (χ4v) is 3.61. The highest BCUT2D eigenvalue weighted by Crippen LogP contribution is 2.49. The van der Waals surface area contributed by atoms with E-state index in [0.717, 1.165) is 5.69 Å². The number of fused-ring (bicyclic) bond motifs is 2. The van der Waals surface area contributed by atoms with E-state index in [1.807, 2.05) is 32.9 Å². The molecule has 4 rings (SSSR count). The molecule has 0 unspecified atom stereocenters. The van der Waals surface area contributed by atoms with Gasteiger partial charge in [0.2, 0.25) is 0 Å². The summed E-state index contributed by atoms with van der Waals surface area (Å²) in [5.41, 5.74) is 6.57. The van der Waals surface area contributed by atoms with Gasteiger partial charge in [-0.05, 0) is 32.9 Å². The molecule has 3 N–H and O–H groups in total. The molecule has 2 saturated heterocycles. The van der Waals surface area contributed by atoms with Crippen molar-refractivity contribution in [3.05, 3.63) is 24.2 Å². The summed E-state index contributed by atoms with van der Waals surface area (Å²) in [4.78, 5) is 4.00. The van der Waals surface area contributed by atoms with Gasteiger partial charge in [0.1, 0.15) is 35.8 Å². The van der Waals surface area contributed by atoms with Crippen LogP contribution in [0.2, 0.25) is 0 Å². The fraction of sp³-hybridized carbons (Fsp3) is 0.600. The molecule has 0 aromatic carbocycles. The van der Waals surface area contributed by atoms with E-state index in [1.54, 1.807) is 4.52 Å². The number of aliphatic hydroxyl groups is 1. The largest absolute Gasteiger partial charge is 0.394 e. The Bertz CT molecular complexity index is 761. The molecule has 0 aliphatic carbocycles. The zero-order valence-electron chi connectivity index (χ0n) is 13.3. The Hall–Kier alpha value is -1.74. The number of ether oxygens (including phenoxy) is 3. The molecule has 4 atom stereocenters. The molecule has 0 radical (unpaired) electrons. The highest BCUT2D eigenvalue weighted by atomic mass is 16.8. The fourth-order valence-electron chi connectivity index (χ4n) is 3.61. The molecule has 2 aromatic heterocycles. The maximum absolute atomic E-state index is 9.66. The van der Waals surface area contributed by atoms with Crippen LogP contribution in [0.3, 0.4) is 0 Å². The summed E-state index contributed by atoms with van der Waals surface area (Å²) >= 11 is 0. The van der Waals surface area contributed by atoms with Crippen LogP contribution in [-0.4, -0.2) is 50.4 Å². The summed E-state index contributed by atoms with van der Waals surface area (Å²) in [5.74, 6) is -0.332. The molecule has 0 amide bonds. The molecule has 0 bridgehead atoms. The summed E-state index contributed by atoms with van der Waals surface area (Å²) in [6.45, 7) is 5.49. The van der Waals surface area contributed by atoms with E-state index in [9.17, 15) is 5.11 Å². The Morgan fingerprint density at radius 3 is 2.78 bits per heavy atom. The lowest BCUT2D eigenvalue weighted by molar-refractivity contribution is -0.212. The first kappa shape index (κ1) is 14.8. The second kappa shape index (κ2) is 4.64. The molecule has 2 aromatic rings. The van der Waals surface area contributed by atoms with Gasteiger partial charge in [-0.25, -0.2) is 9.50 Å². The maximum Gasteiger partial charge on any atom is 0.164 e. The normalized spacial score (nSPS) is 35.7. The lowest BCUT2D eigenvalue weighted by Gasteiger charge is -2.31. The Morgan fingerprint density at radius 2 is 2.04 bits per heavy atom. The first-order valence-electron chi connectivity index (χ1n) is 7.59. The van der Waals surface area contributed by atoms with Gasteiger partial charge in [-0.2, -0.15) is 5.10 Å². The van der Waals surface area contributed by atoms with Crippen molar-refractivity contribution in [3.63, 3.8) is 0 Å². The van der Waals surface area contributed by atoms with Crippen molar-refractivity contribution in [3.8, 4) is 0 Å². The standard InChI is InChI=1S/C15H20N4O4/c1-14(2)22-11-9(6-20)21-15(3,12(11)23-14)10-5-4-8-13(16)17-7-18-19(8)10/h4-5,7,9,11-12,20H,6H2,1-3H3,(H2,16,17,18)/t9-,11-,12-,15+/m1/s1. The van der Waals surface area contributed by atoms with E-state index in [2.05, 4.69) is 10.1 Å². The SMILES string of the molecule is CC1(C)O[C@H]2[C@@H](O1)[C@](C)(c1ccc3c(N)ncnn13)O[C@@H]2CO. The average molecular weight is 320 g/mol. The van der Waals surface area contributed by atoms with Crippen LogP contribution in [0, 0.1) is 0 Å². The predicted molar refractivity (Wildman–Crippen MR) is 80.5 cm³/mol. The average Bonchev–Trinajstić information content (AvgIpc) is 3.12. The van der Waals surface area contributed by atoms with Crippen molar-refractivity contribution in [1.29, 1.82) is 0 Å². The molecule has 2 aliphatic heterocycles. The molecule has 8 nitrogen and oxygen atoms in total. The summed E-state index contributed by atoms with van der Waals surface area (Å²) in [6.07, 6.45) is 0.242. The second-order valence-electron chi connectivity index (χ2n) is 6.63. The minimum Gasteiger partial charge on any atom is -0.394 e. The maximum atomic E-state index is 9.66. The quantitative estimate of drug-likeness (QED) is 0.827. The van der Waals surface area contributed by atoms with Crippen molar-refractivity contribution >= 4 is 11.3 Å². The van der Waals surface area contributed by atoms with Crippen LogP contribution in [0.25, 0.3) is 5.52 Å². The molecule has 8 heteroatoms. The monoisotopic (exact) mass is 320 g/mol. The van der Waals surface area contributed by atoms with Crippen LogP contribution < -0.4 is 5.73 Å². The summed E-state index contributed by atoms with van der Waals surface area (Å²) in [5, 5.41) is 13.9. The van der Waals surface area contributed by atoms with Gasteiger partial charge in [-0.3, -0.25) is 0 Å². The van der Waals surface area contributed by atoms with Gasteiger partial charge in [0.15, 0.2) is 11.6 Å². The first-order chi connectivity index (χ1) is 10.9. The van der Waals surface area contributed by atoms with Gasteiger partial charge in [0.25, 0.3) is 0 Å². The van der Waals surface area contributed by atoms with Gasteiger partial charge in [-0.1, -0.05) is 0 Å². The zero-order valence-corrected chi connectivity index (χ0v) is 13.3. The topological polar surface area (TPSA) is 104 Å². The molecule has 4 heterocycles. The minimum atomic E-state index is -0.820. The highest BCUT2D eigenvalue weighted by Gasteiger charge is 2.62. The van der Waals surface area contributed by atoms with E-state index in [0.29, 0.717) is 11.3 Å². The van der Waals surface area contributed by atoms with Crippen LogP contribution in [0.15, 0.2) is 18.5 Å². The van der Waals surface area contributed by atoms with E-state index in [4.69, 9.17) is 19.9 Å². The number of nitrogens with zero attached hydrogens (tertiary/aromatic N) is 3. The number of nitrogen functional groups attached to an aromatic ring is 1. The summed E-state index contributed by atoms with van der Waals surface area (Å²) < 4.78 is 19.8. The number of aromatic nitrogens is 3. The molecule has 0 saturated carbocycles. The van der Waals surface area contributed by atoms with Crippen LogP contribution in [-0.2, 0) is 19.8 Å². The van der Waals surface area contributed by atoms with E-state index in [1.165, 1.54) is 6.33 Å². The van der Waals surface area contributed by atoms with Gasteiger partial charge in [0.05, 0.1) is 12.3 Å². The second-order valence-corrected chi connectivity index (χ2v) is 6.63. The molecule has 2 aliphatic rings. The molecule has 23 heavy (non-hydrogen) atoms. The van der Waals surface area contributed by atoms with E-state index < -0.39 is 17.5 Å². The summed E-state index contributed by atoms with van der Waals surface area (Å²) in [6, 6.07) is 3.74. The number of rotatable bonds is 2. The van der Waals surface area contributed by atoms with Crippen molar-refractivity contribution in [2.75, 3.05) is 12.3 Å². The Labute approximate surface area is 133 Å². The molecular formula is C15H20N4O4. The lowest BCUT2D eigenvalue weighted by atomic mass is 9.93. The third-order valence-corrected chi connectivity index (χ3v) is 4.60. The van der Waals surface area contributed by atoms with Crippen molar-refractivity contribution in [2.45, 2.75) is 50.5 Å². The van der Waals surface area contributed by atoms with Crippen molar-refractivity contribution in [2.24, 2.45) is 0 Å². The molecule has 0 spiro atoms. The summed E-state index contributed by atoms with van der Waals surface area (Å²) in [7, 11) is 0. The number of nitrogens with two attached hydrogens (primary N) is 1. The smallest absolute Gasteiger partial charge is 0.164 e. The van der Waals surface area contributed by atoms with Crippen LogP contribution in [0.1, 0.15) is 26.5 Å². The Morgan fingerprint density at radius 1 is 1.26 bits per heavy atom. The third kappa shape index (κ3) is 1.99. The Kier molecular flexibility index (Phi) is 2.99. The molecule has 124 valence electrons. The van der Waals surface area contributed by atoms with Crippen molar-refractivity contribution < 1.29 is 19.3 Å². The number of aliphatic hydroxyl groups excluding tert-OH is 1. The number of anilines is 1. The predicted octanol–water partition coefficient (Wildman–Crippen LogP) is 0.438. The molecular weight excluding hydrogens is 300 g/mol. The Balaban J connectivity index is 1.84. The zero-order chi connectivity index (χ0) is 16.4. The minimum absolute atomic E-state index is 0.142.